The van der Waals surface area contributed by atoms with Crippen molar-refractivity contribution in [1.29, 1.82) is 0 Å². The first-order chi connectivity index (χ1) is 20.5. The minimum absolute atomic E-state index is 0.0203. The molecule has 0 spiro atoms. The Kier molecular flexibility index (Phi) is 9.30. The van der Waals surface area contributed by atoms with E-state index < -0.39 is 19.9 Å². The first-order valence-electron chi connectivity index (χ1n) is 13.6. The zero-order valence-electron chi connectivity index (χ0n) is 23.6. The van der Waals surface area contributed by atoms with Gasteiger partial charge in [0.05, 0.1) is 18.3 Å². The minimum Gasteiger partial charge on any atom is -0.434 e. The van der Waals surface area contributed by atoms with Crippen LogP contribution in [0.4, 0.5) is 20.3 Å². The van der Waals surface area contributed by atoms with Gasteiger partial charge in [-0.05, 0) is 43.5 Å². The molecule has 1 saturated heterocycles. The fourth-order valence-corrected chi connectivity index (χ4v) is 5.78. The molecule has 0 aliphatic carbocycles. The highest BCUT2D eigenvalue weighted by Crippen LogP contribution is 2.39. The molecule has 0 saturated carbocycles. The zero-order chi connectivity index (χ0) is 30.7. The van der Waals surface area contributed by atoms with Crippen molar-refractivity contribution in [1.82, 2.24) is 29.3 Å². The quantitative estimate of drug-likeness (QED) is 0.166. The van der Waals surface area contributed by atoms with Crippen LogP contribution in [0.1, 0.15) is 35.7 Å². The summed E-state index contributed by atoms with van der Waals surface area (Å²) in [5.41, 5.74) is 7.03. The van der Waals surface area contributed by atoms with Crippen molar-refractivity contribution < 1.29 is 27.4 Å². The van der Waals surface area contributed by atoms with Crippen molar-refractivity contribution in [3.63, 3.8) is 0 Å². The number of aromatic nitrogens is 5. The second-order valence-electron chi connectivity index (χ2n) is 10.5. The molecule has 1 amide bonds. The lowest BCUT2D eigenvalue weighted by molar-refractivity contribution is -0.0494. The van der Waals surface area contributed by atoms with Crippen LogP contribution in [-0.2, 0) is 9.09 Å². The summed E-state index contributed by atoms with van der Waals surface area (Å²) in [6.07, 6.45) is 7.09. The molecule has 12 nitrogen and oxygen atoms in total. The largest absolute Gasteiger partial charge is 0.434 e. The third-order valence-corrected chi connectivity index (χ3v) is 8.03. The summed E-state index contributed by atoms with van der Waals surface area (Å²) >= 11 is 6.25. The average molecular weight is 637 g/mol. The Morgan fingerprint density at radius 1 is 1.26 bits per heavy atom. The number of hydrogen-bond acceptors (Lipinski definition) is 9. The van der Waals surface area contributed by atoms with E-state index in [-0.39, 0.29) is 50.8 Å². The number of nitrogen functional groups attached to an aromatic ring is 1. The summed E-state index contributed by atoms with van der Waals surface area (Å²) in [5, 5.41) is 12.0. The van der Waals surface area contributed by atoms with E-state index in [1.54, 1.807) is 36.5 Å². The Morgan fingerprint density at radius 2 is 2.02 bits per heavy atom. The highest BCUT2D eigenvalue weighted by atomic mass is 35.5. The molecule has 3 aromatic heterocycles. The van der Waals surface area contributed by atoms with Crippen LogP contribution < -0.4 is 15.8 Å². The number of halogens is 3. The summed E-state index contributed by atoms with van der Waals surface area (Å²) in [4.78, 5) is 20.0. The maximum Gasteiger partial charge on any atom is 0.387 e. The first-order valence-corrected chi connectivity index (χ1v) is 16.5. The Labute approximate surface area is 251 Å². The molecule has 4 aromatic rings. The average Bonchev–Trinajstić information content (AvgIpc) is 3.51. The van der Waals surface area contributed by atoms with E-state index in [1.807, 2.05) is 0 Å². The van der Waals surface area contributed by atoms with Crippen molar-refractivity contribution >= 4 is 42.0 Å². The molecular weight excluding hydrogens is 605 g/mol. The number of likely N-dealkylation sites (tertiary alicyclic amines) is 1. The van der Waals surface area contributed by atoms with Crippen LogP contribution >= 0.6 is 19.0 Å². The van der Waals surface area contributed by atoms with Crippen LogP contribution in [0, 0.1) is 0 Å². The van der Waals surface area contributed by atoms with E-state index in [9.17, 15) is 18.1 Å². The fraction of sp³-hybridized carbons (Fsp3) is 0.407. The number of nitrogens with two attached hydrogens (primary N) is 1. The van der Waals surface area contributed by atoms with Gasteiger partial charge in [-0.1, -0.05) is 11.6 Å². The molecule has 1 aliphatic heterocycles. The molecule has 43 heavy (non-hydrogen) atoms. The van der Waals surface area contributed by atoms with Gasteiger partial charge in [-0.25, -0.2) is 9.50 Å². The van der Waals surface area contributed by atoms with Gasteiger partial charge in [0, 0.05) is 62.1 Å². The number of alkyl halides is 2. The molecule has 16 heteroatoms. The predicted octanol–water partition coefficient (Wildman–Crippen LogP) is 5.26. The van der Waals surface area contributed by atoms with Crippen molar-refractivity contribution in [2.45, 2.75) is 31.9 Å². The van der Waals surface area contributed by atoms with E-state index >= 15 is 0 Å². The first kappa shape index (κ1) is 30.9. The van der Waals surface area contributed by atoms with Crippen LogP contribution in [0.25, 0.3) is 16.9 Å². The molecule has 5 rings (SSSR count). The summed E-state index contributed by atoms with van der Waals surface area (Å²) in [6, 6.07) is 5.86. The molecule has 0 radical (unpaired) electrons. The summed E-state index contributed by atoms with van der Waals surface area (Å²) in [6.45, 7) is 2.95. The SMILES string of the molecule is CP(C)(=O)OCCCN1CCC(n2cc(NC(=O)c3c(N)nn4cccnc34)c(-c3cc(Cl)ccc3OC(F)F)n2)CC1. The minimum atomic E-state index is -3.08. The second-order valence-corrected chi connectivity index (χ2v) is 13.7. The number of carbonyl (C=O) groups is 1. The number of ether oxygens (including phenoxy) is 1. The van der Waals surface area contributed by atoms with Gasteiger partial charge in [0.15, 0.2) is 18.8 Å². The maximum atomic E-state index is 13.5. The van der Waals surface area contributed by atoms with Gasteiger partial charge in [-0.2, -0.15) is 13.9 Å². The molecule has 0 atom stereocenters. The predicted molar refractivity (Wildman–Crippen MR) is 159 cm³/mol. The van der Waals surface area contributed by atoms with Gasteiger partial charge in [-0.3, -0.25) is 14.0 Å². The number of rotatable bonds is 11. The third-order valence-electron chi connectivity index (χ3n) is 6.99. The van der Waals surface area contributed by atoms with Crippen LogP contribution in [0.15, 0.2) is 42.9 Å². The highest BCUT2D eigenvalue weighted by Gasteiger charge is 2.27. The fourth-order valence-electron chi connectivity index (χ4n) is 5.04. The number of fused-ring (bicyclic) bond motifs is 1. The molecule has 0 unspecified atom stereocenters. The van der Waals surface area contributed by atoms with Gasteiger partial charge in [-0.15, -0.1) is 5.10 Å². The Balaban J connectivity index is 1.41. The maximum absolute atomic E-state index is 13.5. The molecule has 230 valence electrons. The van der Waals surface area contributed by atoms with Gasteiger partial charge in [0.25, 0.3) is 5.91 Å². The van der Waals surface area contributed by atoms with E-state index in [4.69, 9.17) is 31.7 Å². The van der Waals surface area contributed by atoms with Crippen molar-refractivity contribution in [2.75, 3.05) is 50.6 Å². The number of piperidine rings is 1. The van der Waals surface area contributed by atoms with Crippen LogP contribution in [0.2, 0.25) is 5.02 Å². The van der Waals surface area contributed by atoms with E-state index in [0.29, 0.717) is 6.61 Å². The van der Waals surface area contributed by atoms with Gasteiger partial charge in [0.1, 0.15) is 17.0 Å². The summed E-state index contributed by atoms with van der Waals surface area (Å²) < 4.78 is 51.7. The summed E-state index contributed by atoms with van der Waals surface area (Å²) in [7, 11) is -2.50. The smallest absolute Gasteiger partial charge is 0.387 e. The third kappa shape index (κ3) is 7.50. The zero-order valence-corrected chi connectivity index (χ0v) is 25.3. The number of hydrogen-bond donors (Lipinski definition) is 2. The molecular formula is C27H32ClF2N8O4P. The number of benzene rings is 1. The lowest BCUT2D eigenvalue weighted by Gasteiger charge is -2.32. The molecule has 3 N–H and O–H groups in total. The number of nitrogens with one attached hydrogen (secondary N) is 1. The number of nitrogens with zero attached hydrogens (tertiary/aromatic N) is 6. The lowest BCUT2D eigenvalue weighted by atomic mass is 10.1. The van der Waals surface area contributed by atoms with Gasteiger partial charge in [0.2, 0.25) is 0 Å². The Hall–Kier alpha value is -3.58. The normalized spacial score (nSPS) is 14.9. The van der Waals surface area contributed by atoms with Gasteiger partial charge >= 0.3 is 6.61 Å². The monoisotopic (exact) mass is 636 g/mol. The number of carbonyl (C=O) groups excluding carboxylic acids is 1. The van der Waals surface area contributed by atoms with Crippen LogP contribution in [0.3, 0.4) is 0 Å². The van der Waals surface area contributed by atoms with E-state index in [1.165, 1.54) is 28.9 Å². The van der Waals surface area contributed by atoms with Gasteiger partial charge < -0.3 is 25.2 Å². The Bertz CT molecular complexity index is 1650. The van der Waals surface area contributed by atoms with Crippen LogP contribution in [-0.4, -0.2) is 81.4 Å². The van der Waals surface area contributed by atoms with Crippen molar-refractivity contribution in [2.24, 2.45) is 0 Å². The second kappa shape index (κ2) is 13.0. The molecule has 0 bridgehead atoms. The number of anilines is 2. The van der Waals surface area contributed by atoms with Crippen molar-refractivity contribution in [3.8, 4) is 17.0 Å². The van der Waals surface area contributed by atoms with Crippen LogP contribution in [0.5, 0.6) is 5.75 Å². The van der Waals surface area contributed by atoms with Crippen molar-refractivity contribution in [3.05, 3.63) is 53.4 Å². The topological polar surface area (TPSA) is 142 Å². The number of amides is 1. The van der Waals surface area contributed by atoms with E-state index in [2.05, 4.69) is 20.3 Å². The van der Waals surface area contributed by atoms with E-state index in [0.717, 1.165) is 38.9 Å². The molecule has 1 aromatic carbocycles. The lowest BCUT2D eigenvalue weighted by Crippen LogP contribution is -2.35. The molecule has 4 heterocycles. The molecule has 1 fully saturated rings. The molecule has 1 aliphatic rings. The Morgan fingerprint density at radius 3 is 2.74 bits per heavy atom. The standard InChI is InChI=1S/C27H32ClF2N8O4P/c1-43(2,40)41-14-4-10-36-12-7-18(8-13-36)38-16-20(23(34-38)19-15-17(28)5-6-21(19)42-27(29)30)33-26(39)22-24(31)35-37-11-3-9-32-25(22)37/h3,5-6,9,11,15-16,18,27H,4,7-8,10,12-14H2,1-2H3,(H2,31,35)(H,33,39). The summed E-state index contributed by atoms with van der Waals surface area (Å²) in [5.74, 6) is -0.753. The highest BCUT2D eigenvalue weighted by molar-refractivity contribution is 7.57.